The van der Waals surface area contributed by atoms with E-state index in [0.29, 0.717) is 6.42 Å². The van der Waals surface area contributed by atoms with Crippen molar-refractivity contribution in [3.8, 4) is 0 Å². The van der Waals surface area contributed by atoms with Crippen LogP contribution in [0.25, 0.3) is 6.08 Å². The number of hydrogen-bond acceptors (Lipinski definition) is 2. The lowest BCUT2D eigenvalue weighted by Crippen LogP contribution is -2.04. The highest BCUT2D eigenvalue weighted by Crippen LogP contribution is 2.24. The summed E-state index contributed by atoms with van der Waals surface area (Å²) in [7, 11) is 0. The number of pyridine rings is 1. The van der Waals surface area contributed by atoms with E-state index in [1.807, 2.05) is 24.3 Å². The van der Waals surface area contributed by atoms with Crippen molar-refractivity contribution in [1.82, 2.24) is 4.98 Å². The fourth-order valence-corrected chi connectivity index (χ4v) is 1.28. The smallest absolute Gasteiger partial charge is 0.1000 e. The topological polar surface area (TPSA) is 33.1 Å². The van der Waals surface area contributed by atoms with Gasteiger partial charge in [0.05, 0.1) is 11.8 Å². The van der Waals surface area contributed by atoms with E-state index in [9.17, 15) is 5.11 Å². The average molecular weight is 147 g/mol. The van der Waals surface area contributed by atoms with Gasteiger partial charge in [0.15, 0.2) is 0 Å². The lowest BCUT2D eigenvalue weighted by molar-refractivity contribution is 0.175. The highest BCUT2D eigenvalue weighted by molar-refractivity contribution is 5.54. The molecule has 2 rings (SSSR count). The van der Waals surface area contributed by atoms with Gasteiger partial charge < -0.3 is 5.11 Å². The first-order chi connectivity index (χ1) is 5.38. The first kappa shape index (κ1) is 6.55. The SMILES string of the molecule is O[C@@H]1CC=Cc2cccnc21. The molecule has 0 fully saturated rings. The molecule has 1 N–H and O–H groups in total. The van der Waals surface area contributed by atoms with Gasteiger partial charge in [-0.3, -0.25) is 4.98 Å². The van der Waals surface area contributed by atoms with Crippen LogP contribution in [-0.4, -0.2) is 10.1 Å². The van der Waals surface area contributed by atoms with Crippen LogP contribution in [0.15, 0.2) is 24.4 Å². The molecule has 0 bridgehead atoms. The van der Waals surface area contributed by atoms with E-state index >= 15 is 0 Å². The number of nitrogens with zero attached hydrogens (tertiary/aromatic N) is 1. The van der Waals surface area contributed by atoms with Crippen molar-refractivity contribution in [2.45, 2.75) is 12.5 Å². The van der Waals surface area contributed by atoms with Crippen molar-refractivity contribution in [3.05, 3.63) is 35.7 Å². The quantitative estimate of drug-likeness (QED) is 0.603. The van der Waals surface area contributed by atoms with Crippen LogP contribution in [0, 0.1) is 0 Å². The summed E-state index contributed by atoms with van der Waals surface area (Å²) in [4.78, 5) is 4.10. The molecule has 1 heterocycles. The van der Waals surface area contributed by atoms with Crippen LogP contribution in [0.1, 0.15) is 23.8 Å². The van der Waals surface area contributed by atoms with Crippen molar-refractivity contribution < 1.29 is 5.11 Å². The van der Waals surface area contributed by atoms with Crippen LogP contribution < -0.4 is 0 Å². The Balaban J connectivity index is 2.54. The Labute approximate surface area is 65.2 Å². The van der Waals surface area contributed by atoms with Gasteiger partial charge in [-0.2, -0.15) is 0 Å². The fraction of sp³-hybridized carbons (Fsp3) is 0.222. The molecule has 0 aliphatic heterocycles. The number of rotatable bonds is 0. The highest BCUT2D eigenvalue weighted by Gasteiger charge is 2.13. The molecule has 1 aliphatic rings. The molecular weight excluding hydrogens is 138 g/mol. The van der Waals surface area contributed by atoms with Crippen molar-refractivity contribution in [1.29, 1.82) is 0 Å². The molecule has 0 unspecified atom stereocenters. The van der Waals surface area contributed by atoms with Gasteiger partial charge in [-0.05, 0) is 18.1 Å². The van der Waals surface area contributed by atoms with E-state index in [-0.39, 0.29) is 0 Å². The monoisotopic (exact) mass is 147 g/mol. The van der Waals surface area contributed by atoms with Gasteiger partial charge in [0, 0.05) is 6.20 Å². The van der Waals surface area contributed by atoms with Crippen LogP contribution in [0.3, 0.4) is 0 Å². The minimum atomic E-state index is -0.406. The molecule has 56 valence electrons. The molecule has 0 saturated carbocycles. The van der Waals surface area contributed by atoms with Gasteiger partial charge >= 0.3 is 0 Å². The molecule has 0 spiro atoms. The van der Waals surface area contributed by atoms with Gasteiger partial charge in [0.1, 0.15) is 0 Å². The number of aliphatic hydroxyl groups is 1. The summed E-state index contributed by atoms with van der Waals surface area (Å²) in [6.07, 6.45) is 5.95. The minimum absolute atomic E-state index is 0.406. The highest BCUT2D eigenvalue weighted by atomic mass is 16.3. The van der Waals surface area contributed by atoms with Crippen LogP contribution >= 0.6 is 0 Å². The third kappa shape index (κ3) is 1.05. The summed E-state index contributed by atoms with van der Waals surface area (Å²) < 4.78 is 0. The van der Waals surface area contributed by atoms with Crippen molar-refractivity contribution >= 4 is 6.08 Å². The molecule has 11 heavy (non-hydrogen) atoms. The lowest BCUT2D eigenvalue weighted by atomic mass is 10.0. The molecule has 1 aromatic heterocycles. The molecule has 2 nitrogen and oxygen atoms in total. The van der Waals surface area contributed by atoms with Crippen LogP contribution in [0.4, 0.5) is 0 Å². The van der Waals surface area contributed by atoms with E-state index < -0.39 is 6.10 Å². The van der Waals surface area contributed by atoms with E-state index in [2.05, 4.69) is 4.98 Å². The Morgan fingerprint density at radius 3 is 3.27 bits per heavy atom. The Morgan fingerprint density at radius 1 is 1.55 bits per heavy atom. The summed E-state index contributed by atoms with van der Waals surface area (Å²) in [6.45, 7) is 0. The molecule has 0 saturated heterocycles. The minimum Gasteiger partial charge on any atom is -0.386 e. The first-order valence-corrected chi connectivity index (χ1v) is 3.67. The molecular formula is C9H9NO. The Kier molecular flexibility index (Phi) is 1.47. The number of aromatic nitrogens is 1. The van der Waals surface area contributed by atoms with E-state index in [0.717, 1.165) is 11.3 Å². The van der Waals surface area contributed by atoms with Crippen LogP contribution in [0.2, 0.25) is 0 Å². The first-order valence-electron chi connectivity index (χ1n) is 3.67. The molecule has 0 aromatic carbocycles. The second-order valence-corrected chi connectivity index (χ2v) is 2.63. The largest absolute Gasteiger partial charge is 0.386 e. The summed E-state index contributed by atoms with van der Waals surface area (Å²) >= 11 is 0. The van der Waals surface area contributed by atoms with Gasteiger partial charge in [-0.15, -0.1) is 0 Å². The van der Waals surface area contributed by atoms with E-state index in [1.54, 1.807) is 6.20 Å². The Morgan fingerprint density at radius 2 is 2.45 bits per heavy atom. The molecule has 2 heteroatoms. The number of aliphatic hydroxyl groups excluding tert-OH is 1. The summed E-state index contributed by atoms with van der Waals surface area (Å²) in [5, 5.41) is 9.45. The third-order valence-electron chi connectivity index (χ3n) is 1.84. The summed E-state index contributed by atoms with van der Waals surface area (Å²) in [6, 6.07) is 3.84. The van der Waals surface area contributed by atoms with Gasteiger partial charge in [-0.1, -0.05) is 18.2 Å². The van der Waals surface area contributed by atoms with Crippen molar-refractivity contribution in [2.75, 3.05) is 0 Å². The Bertz CT molecular complexity index is 293. The van der Waals surface area contributed by atoms with Crippen molar-refractivity contribution in [3.63, 3.8) is 0 Å². The normalized spacial score (nSPS) is 21.4. The molecule has 0 radical (unpaired) electrons. The molecule has 1 aromatic rings. The zero-order valence-electron chi connectivity index (χ0n) is 6.07. The average Bonchev–Trinajstić information content (AvgIpc) is 2.06. The molecule has 0 amide bonds. The second kappa shape index (κ2) is 2.47. The van der Waals surface area contributed by atoms with E-state index in [1.165, 1.54) is 0 Å². The lowest BCUT2D eigenvalue weighted by Gasteiger charge is -2.14. The summed E-state index contributed by atoms with van der Waals surface area (Å²) in [5.74, 6) is 0. The maximum atomic E-state index is 9.45. The number of fused-ring (bicyclic) bond motifs is 1. The van der Waals surface area contributed by atoms with E-state index in [4.69, 9.17) is 0 Å². The predicted octanol–water partition coefficient (Wildman–Crippen LogP) is 1.53. The molecule has 1 aliphatic carbocycles. The summed E-state index contributed by atoms with van der Waals surface area (Å²) in [5.41, 5.74) is 1.83. The Hall–Kier alpha value is -1.15. The van der Waals surface area contributed by atoms with Crippen LogP contribution in [0.5, 0.6) is 0 Å². The molecule has 1 atom stereocenters. The van der Waals surface area contributed by atoms with Gasteiger partial charge in [0.25, 0.3) is 0 Å². The van der Waals surface area contributed by atoms with Crippen molar-refractivity contribution in [2.24, 2.45) is 0 Å². The maximum absolute atomic E-state index is 9.45. The maximum Gasteiger partial charge on any atom is 0.1000 e. The fourth-order valence-electron chi connectivity index (χ4n) is 1.28. The van der Waals surface area contributed by atoms with Gasteiger partial charge in [0.2, 0.25) is 0 Å². The van der Waals surface area contributed by atoms with Gasteiger partial charge in [-0.25, -0.2) is 0 Å². The number of hydrogen-bond donors (Lipinski definition) is 1. The zero-order chi connectivity index (χ0) is 7.68. The standard InChI is InChI=1S/C9H9NO/c11-8-5-1-3-7-4-2-6-10-9(7)8/h1-4,6,8,11H,5H2/t8-/m1/s1. The second-order valence-electron chi connectivity index (χ2n) is 2.63. The predicted molar refractivity (Wildman–Crippen MR) is 42.8 cm³/mol. The van der Waals surface area contributed by atoms with Crippen LogP contribution in [-0.2, 0) is 0 Å². The zero-order valence-corrected chi connectivity index (χ0v) is 6.07. The third-order valence-corrected chi connectivity index (χ3v) is 1.84.